The topological polar surface area (TPSA) is 46.5 Å². The standard InChI is InChI=1S/C16H11Cl2F3O3/c17-12-4-3-11(7-9(12)1-6-15(22)23)24-14-5-2-10(8-13(14)18)16(19,20)21/h2-5,7-8H,1,6H2,(H,22,23). The normalized spacial score (nSPS) is 11.4. The first-order chi connectivity index (χ1) is 11.2. The SMILES string of the molecule is O=C(O)CCc1cc(Oc2ccc(C(F)(F)F)cc2Cl)ccc1Cl. The fourth-order valence-corrected chi connectivity index (χ4v) is 2.37. The molecule has 0 unspecified atom stereocenters. The number of ether oxygens (including phenoxy) is 1. The molecule has 0 aliphatic heterocycles. The summed E-state index contributed by atoms with van der Waals surface area (Å²) < 4.78 is 43.3. The van der Waals surface area contributed by atoms with Crippen LogP contribution in [0.5, 0.6) is 11.5 Å². The van der Waals surface area contributed by atoms with Crippen molar-refractivity contribution in [3.63, 3.8) is 0 Å². The number of carboxylic acids is 1. The predicted molar refractivity (Wildman–Crippen MR) is 83.9 cm³/mol. The third-order valence-corrected chi connectivity index (χ3v) is 3.78. The highest BCUT2D eigenvalue weighted by atomic mass is 35.5. The van der Waals surface area contributed by atoms with Crippen LogP contribution in [-0.4, -0.2) is 11.1 Å². The quantitative estimate of drug-likeness (QED) is 0.712. The average Bonchev–Trinajstić information content (AvgIpc) is 2.48. The lowest BCUT2D eigenvalue weighted by Crippen LogP contribution is -2.04. The summed E-state index contributed by atoms with van der Waals surface area (Å²) in [5.41, 5.74) is -0.322. The van der Waals surface area contributed by atoms with E-state index in [1.54, 1.807) is 0 Å². The molecule has 2 rings (SSSR count). The predicted octanol–water partition coefficient (Wildman–Crippen LogP) is 5.82. The van der Waals surface area contributed by atoms with Gasteiger partial charge in [0.25, 0.3) is 0 Å². The Labute approximate surface area is 145 Å². The van der Waals surface area contributed by atoms with Crippen molar-refractivity contribution in [2.45, 2.75) is 19.0 Å². The molecule has 2 aromatic carbocycles. The van der Waals surface area contributed by atoms with Crippen molar-refractivity contribution >= 4 is 29.2 Å². The van der Waals surface area contributed by atoms with Gasteiger partial charge in [-0.1, -0.05) is 23.2 Å². The fraction of sp³-hybridized carbons (Fsp3) is 0.188. The van der Waals surface area contributed by atoms with Gasteiger partial charge in [-0.2, -0.15) is 13.2 Å². The lowest BCUT2D eigenvalue weighted by molar-refractivity contribution is -0.138. The minimum atomic E-state index is -4.49. The van der Waals surface area contributed by atoms with Gasteiger partial charge in [-0.15, -0.1) is 0 Å². The van der Waals surface area contributed by atoms with Gasteiger partial charge in [0.2, 0.25) is 0 Å². The van der Waals surface area contributed by atoms with E-state index in [0.29, 0.717) is 16.3 Å². The molecular weight excluding hydrogens is 368 g/mol. The van der Waals surface area contributed by atoms with Gasteiger partial charge in [0.1, 0.15) is 11.5 Å². The smallest absolute Gasteiger partial charge is 0.416 e. The number of aliphatic carboxylic acids is 1. The Hall–Kier alpha value is -1.92. The zero-order chi connectivity index (χ0) is 17.9. The molecular formula is C16H11Cl2F3O3. The molecule has 0 heterocycles. The second kappa shape index (κ2) is 7.32. The zero-order valence-corrected chi connectivity index (χ0v) is 13.5. The van der Waals surface area contributed by atoms with Crippen LogP contribution >= 0.6 is 23.2 Å². The van der Waals surface area contributed by atoms with E-state index >= 15 is 0 Å². The number of carboxylic acid groups (broad SMARTS) is 1. The maximum absolute atomic E-state index is 12.6. The largest absolute Gasteiger partial charge is 0.481 e. The van der Waals surface area contributed by atoms with Crippen molar-refractivity contribution in [1.82, 2.24) is 0 Å². The molecule has 0 aliphatic rings. The Morgan fingerprint density at radius 1 is 1.08 bits per heavy atom. The fourth-order valence-electron chi connectivity index (χ4n) is 1.93. The summed E-state index contributed by atoms with van der Waals surface area (Å²) in [5.74, 6) is -0.624. The van der Waals surface area contributed by atoms with E-state index in [-0.39, 0.29) is 23.6 Å². The van der Waals surface area contributed by atoms with Gasteiger partial charge in [0.15, 0.2) is 0 Å². The van der Waals surface area contributed by atoms with Crippen molar-refractivity contribution in [2.75, 3.05) is 0 Å². The molecule has 0 radical (unpaired) electrons. The third kappa shape index (κ3) is 4.79. The minimum Gasteiger partial charge on any atom is -0.481 e. The van der Waals surface area contributed by atoms with E-state index in [0.717, 1.165) is 18.2 Å². The molecule has 2 aromatic rings. The summed E-state index contributed by atoms with van der Waals surface area (Å²) >= 11 is 11.8. The lowest BCUT2D eigenvalue weighted by atomic mass is 10.1. The van der Waals surface area contributed by atoms with Crippen LogP contribution < -0.4 is 4.74 Å². The summed E-state index contributed by atoms with van der Waals surface area (Å²) in [4.78, 5) is 10.6. The lowest BCUT2D eigenvalue weighted by Gasteiger charge is -2.12. The molecule has 0 aromatic heterocycles. The maximum atomic E-state index is 12.6. The van der Waals surface area contributed by atoms with Crippen LogP contribution in [0.15, 0.2) is 36.4 Å². The zero-order valence-electron chi connectivity index (χ0n) is 12.0. The van der Waals surface area contributed by atoms with Crippen molar-refractivity contribution < 1.29 is 27.8 Å². The Kier molecular flexibility index (Phi) is 5.62. The minimum absolute atomic E-state index is 0.0520. The monoisotopic (exact) mass is 378 g/mol. The molecule has 0 bridgehead atoms. The van der Waals surface area contributed by atoms with Gasteiger partial charge < -0.3 is 9.84 Å². The number of hydrogen-bond donors (Lipinski definition) is 1. The van der Waals surface area contributed by atoms with E-state index in [1.165, 1.54) is 18.2 Å². The third-order valence-electron chi connectivity index (χ3n) is 3.11. The number of benzene rings is 2. The van der Waals surface area contributed by atoms with Gasteiger partial charge in [-0.25, -0.2) is 0 Å². The number of aryl methyl sites for hydroxylation is 1. The highest BCUT2D eigenvalue weighted by Gasteiger charge is 2.31. The molecule has 0 amide bonds. The summed E-state index contributed by atoms with van der Waals surface area (Å²) in [6, 6.07) is 7.32. The number of rotatable bonds is 5. The Bertz CT molecular complexity index is 761. The van der Waals surface area contributed by atoms with Crippen LogP contribution in [0.3, 0.4) is 0 Å². The summed E-state index contributed by atoms with van der Waals surface area (Å²) in [6.45, 7) is 0. The van der Waals surface area contributed by atoms with Gasteiger partial charge in [0, 0.05) is 11.4 Å². The first kappa shape index (κ1) is 18.4. The molecule has 0 spiro atoms. The molecule has 0 saturated carbocycles. The molecule has 0 saturated heterocycles. The number of carbonyl (C=O) groups is 1. The second-order valence-corrected chi connectivity index (χ2v) is 5.71. The van der Waals surface area contributed by atoms with Crippen molar-refractivity contribution in [2.24, 2.45) is 0 Å². The average molecular weight is 379 g/mol. The van der Waals surface area contributed by atoms with Crippen LogP contribution in [0.1, 0.15) is 17.5 Å². The molecule has 0 fully saturated rings. The second-order valence-electron chi connectivity index (χ2n) is 4.89. The highest BCUT2D eigenvalue weighted by molar-refractivity contribution is 6.32. The van der Waals surface area contributed by atoms with Crippen molar-refractivity contribution in [3.05, 3.63) is 57.6 Å². The van der Waals surface area contributed by atoms with Crippen LogP contribution in [-0.2, 0) is 17.4 Å². The van der Waals surface area contributed by atoms with Gasteiger partial charge in [-0.3, -0.25) is 4.79 Å². The van der Waals surface area contributed by atoms with Crippen LogP contribution in [0.4, 0.5) is 13.2 Å². The van der Waals surface area contributed by atoms with E-state index in [2.05, 4.69) is 0 Å². The van der Waals surface area contributed by atoms with E-state index in [1.807, 2.05) is 0 Å². The van der Waals surface area contributed by atoms with Crippen LogP contribution in [0.25, 0.3) is 0 Å². The first-order valence-corrected chi connectivity index (χ1v) is 7.47. The molecule has 128 valence electrons. The van der Waals surface area contributed by atoms with Crippen LogP contribution in [0.2, 0.25) is 10.0 Å². The van der Waals surface area contributed by atoms with Gasteiger partial charge >= 0.3 is 12.1 Å². The summed E-state index contributed by atoms with van der Waals surface area (Å²) in [7, 11) is 0. The summed E-state index contributed by atoms with van der Waals surface area (Å²) in [6.07, 6.45) is -4.40. The molecule has 8 heteroatoms. The maximum Gasteiger partial charge on any atom is 0.416 e. The Balaban J connectivity index is 2.22. The van der Waals surface area contributed by atoms with E-state index < -0.39 is 17.7 Å². The summed E-state index contributed by atoms with van der Waals surface area (Å²) in [5, 5.41) is 8.90. The van der Waals surface area contributed by atoms with Crippen LogP contribution in [0, 0.1) is 0 Å². The number of alkyl halides is 3. The number of hydrogen-bond acceptors (Lipinski definition) is 2. The molecule has 1 N–H and O–H groups in total. The Morgan fingerprint density at radius 3 is 2.38 bits per heavy atom. The molecule has 24 heavy (non-hydrogen) atoms. The highest BCUT2D eigenvalue weighted by Crippen LogP contribution is 2.37. The van der Waals surface area contributed by atoms with E-state index in [9.17, 15) is 18.0 Å². The molecule has 3 nitrogen and oxygen atoms in total. The Morgan fingerprint density at radius 2 is 1.79 bits per heavy atom. The van der Waals surface area contributed by atoms with Gasteiger partial charge in [0.05, 0.1) is 10.6 Å². The van der Waals surface area contributed by atoms with Crippen molar-refractivity contribution in [3.8, 4) is 11.5 Å². The first-order valence-electron chi connectivity index (χ1n) is 6.71. The van der Waals surface area contributed by atoms with Crippen molar-refractivity contribution in [1.29, 1.82) is 0 Å². The molecule has 0 aliphatic carbocycles. The van der Waals surface area contributed by atoms with Gasteiger partial charge in [-0.05, 0) is 48.4 Å². The number of halogens is 5. The van der Waals surface area contributed by atoms with E-state index in [4.69, 9.17) is 33.0 Å². The molecule has 0 atom stereocenters.